The third-order valence-electron chi connectivity index (χ3n) is 4.66. The number of benzene rings is 1. The summed E-state index contributed by atoms with van der Waals surface area (Å²) in [7, 11) is 0. The molecule has 0 aliphatic carbocycles. The molecule has 1 aromatic carbocycles. The van der Waals surface area contributed by atoms with Gasteiger partial charge in [0.05, 0.1) is 0 Å². The zero-order valence-electron chi connectivity index (χ0n) is 15.7. The Hall–Kier alpha value is -0.730. The SMILES string of the molecule is C=CCN1[C@@H](C(N[S+]([O-])C(C)(C)C)C(F)(F)F)CC[C@H]1c1cccc(Cl)c1. The van der Waals surface area contributed by atoms with Crippen molar-refractivity contribution in [2.45, 2.75) is 62.7 Å². The molecule has 1 aromatic rings. The molecular formula is C19H26ClF3N2OS. The molecule has 0 spiro atoms. The first kappa shape index (κ1) is 22.6. The van der Waals surface area contributed by atoms with E-state index in [4.69, 9.17) is 11.6 Å². The minimum Gasteiger partial charge on any atom is -0.598 e. The van der Waals surface area contributed by atoms with Crippen molar-refractivity contribution in [3.63, 3.8) is 0 Å². The van der Waals surface area contributed by atoms with Crippen LogP contribution in [0.3, 0.4) is 0 Å². The molecule has 152 valence electrons. The Bertz CT molecular complexity index is 651. The summed E-state index contributed by atoms with van der Waals surface area (Å²) in [5, 5.41) is 0.550. The second kappa shape index (κ2) is 8.74. The van der Waals surface area contributed by atoms with Gasteiger partial charge in [0.2, 0.25) is 0 Å². The van der Waals surface area contributed by atoms with Crippen LogP contribution in [-0.4, -0.2) is 39.0 Å². The van der Waals surface area contributed by atoms with Gasteiger partial charge in [0.15, 0.2) is 6.04 Å². The smallest absolute Gasteiger partial charge is 0.409 e. The van der Waals surface area contributed by atoms with Gasteiger partial charge in [-0.1, -0.05) is 29.8 Å². The van der Waals surface area contributed by atoms with Gasteiger partial charge in [0, 0.05) is 35.0 Å². The third kappa shape index (κ3) is 5.64. The molecule has 1 saturated heterocycles. The fourth-order valence-corrected chi connectivity index (χ4v) is 4.46. The maximum Gasteiger partial charge on any atom is 0.409 e. The predicted octanol–water partition coefficient (Wildman–Crippen LogP) is 5.01. The Balaban J connectivity index is 2.33. The van der Waals surface area contributed by atoms with Crippen LogP contribution in [0.1, 0.15) is 45.2 Å². The Kier molecular flexibility index (Phi) is 7.30. The second-order valence-corrected chi connectivity index (χ2v) is 10.2. The van der Waals surface area contributed by atoms with Gasteiger partial charge in [-0.15, -0.1) is 11.3 Å². The van der Waals surface area contributed by atoms with Crippen molar-refractivity contribution in [1.29, 1.82) is 0 Å². The summed E-state index contributed by atoms with van der Waals surface area (Å²) in [5.74, 6) is 0. The normalized spacial score (nSPS) is 24.0. The van der Waals surface area contributed by atoms with Gasteiger partial charge < -0.3 is 4.55 Å². The second-order valence-electron chi connectivity index (χ2n) is 7.72. The lowest BCUT2D eigenvalue weighted by atomic mass is 10.0. The van der Waals surface area contributed by atoms with Crippen LogP contribution in [0, 0.1) is 0 Å². The highest BCUT2D eigenvalue weighted by Gasteiger charge is 2.53. The number of rotatable bonds is 6. The van der Waals surface area contributed by atoms with Gasteiger partial charge >= 0.3 is 6.18 Å². The number of hydrogen-bond acceptors (Lipinski definition) is 3. The molecule has 0 amide bonds. The Morgan fingerprint density at radius 3 is 2.56 bits per heavy atom. The highest BCUT2D eigenvalue weighted by atomic mass is 35.5. The monoisotopic (exact) mass is 422 g/mol. The lowest BCUT2D eigenvalue weighted by molar-refractivity contribution is -0.164. The maximum absolute atomic E-state index is 13.9. The van der Waals surface area contributed by atoms with Crippen molar-refractivity contribution in [2.24, 2.45) is 0 Å². The van der Waals surface area contributed by atoms with Gasteiger partial charge in [-0.05, 0) is 51.3 Å². The minimum atomic E-state index is -4.52. The summed E-state index contributed by atoms with van der Waals surface area (Å²) >= 11 is 4.24. The standard InChI is InChI=1S/C19H26ClF3N2OS/c1-5-11-25-15(13-7-6-8-14(20)12-13)9-10-16(25)17(19(21,22)23)24-27(26)18(2,3)4/h5-8,12,15-17,24H,1,9-11H2,2-4H3/t15-,16+,17?,27?/m0/s1. The predicted molar refractivity (Wildman–Crippen MR) is 105 cm³/mol. The first-order valence-electron chi connectivity index (χ1n) is 8.82. The van der Waals surface area contributed by atoms with Crippen LogP contribution < -0.4 is 4.72 Å². The molecule has 0 saturated carbocycles. The summed E-state index contributed by atoms with van der Waals surface area (Å²) in [6.45, 7) is 8.94. The molecule has 1 aliphatic heterocycles. The fourth-order valence-electron chi connectivity index (χ4n) is 3.39. The highest BCUT2D eigenvalue weighted by Crippen LogP contribution is 2.41. The van der Waals surface area contributed by atoms with Gasteiger partial charge in [-0.2, -0.15) is 13.2 Å². The lowest BCUT2D eigenvalue weighted by Crippen LogP contribution is -2.59. The van der Waals surface area contributed by atoms with Gasteiger partial charge in [-0.25, -0.2) is 0 Å². The quantitative estimate of drug-likeness (QED) is 0.517. The zero-order chi connectivity index (χ0) is 20.4. The average molecular weight is 423 g/mol. The lowest BCUT2D eigenvalue weighted by Gasteiger charge is -2.37. The highest BCUT2D eigenvalue weighted by molar-refractivity contribution is 7.90. The number of hydrogen-bond donors (Lipinski definition) is 1. The fraction of sp³-hybridized carbons (Fsp3) is 0.579. The third-order valence-corrected chi connectivity index (χ3v) is 6.48. The number of alkyl halides is 3. The van der Waals surface area contributed by atoms with Crippen LogP contribution in [0.15, 0.2) is 36.9 Å². The summed E-state index contributed by atoms with van der Waals surface area (Å²) in [6, 6.07) is 4.28. The number of nitrogens with one attached hydrogen (secondary N) is 1. The molecule has 8 heteroatoms. The van der Waals surface area contributed by atoms with Crippen LogP contribution in [0.5, 0.6) is 0 Å². The largest absolute Gasteiger partial charge is 0.598 e. The van der Waals surface area contributed by atoms with Crippen molar-refractivity contribution in [2.75, 3.05) is 6.54 Å². The molecule has 4 atom stereocenters. The topological polar surface area (TPSA) is 38.3 Å². The number of halogens is 4. The maximum atomic E-state index is 13.9. The first-order valence-corrected chi connectivity index (χ1v) is 10.3. The molecular weight excluding hydrogens is 397 g/mol. The summed E-state index contributed by atoms with van der Waals surface area (Å²) in [6.07, 6.45) is -2.02. The molecule has 0 bridgehead atoms. The molecule has 27 heavy (non-hydrogen) atoms. The van der Waals surface area contributed by atoms with Gasteiger partial charge in [-0.3, -0.25) is 4.90 Å². The summed E-state index contributed by atoms with van der Waals surface area (Å²) in [4.78, 5) is 1.78. The molecule has 3 nitrogen and oxygen atoms in total. The van der Waals surface area contributed by atoms with E-state index >= 15 is 0 Å². The minimum absolute atomic E-state index is 0.193. The van der Waals surface area contributed by atoms with Crippen molar-refractivity contribution < 1.29 is 17.7 Å². The Labute approximate surface area is 167 Å². The van der Waals surface area contributed by atoms with Crippen LogP contribution in [0.4, 0.5) is 13.2 Å². The molecule has 2 unspecified atom stereocenters. The summed E-state index contributed by atoms with van der Waals surface area (Å²) < 4.78 is 55.5. The van der Waals surface area contributed by atoms with Crippen molar-refractivity contribution >= 4 is 23.0 Å². The molecule has 1 aliphatic rings. The van der Waals surface area contributed by atoms with E-state index in [2.05, 4.69) is 11.3 Å². The Morgan fingerprint density at radius 2 is 2.04 bits per heavy atom. The zero-order valence-corrected chi connectivity index (χ0v) is 17.3. The van der Waals surface area contributed by atoms with E-state index < -0.39 is 34.4 Å². The van der Waals surface area contributed by atoms with Crippen molar-refractivity contribution in [3.05, 3.63) is 47.5 Å². The van der Waals surface area contributed by atoms with E-state index in [1.807, 2.05) is 6.07 Å². The van der Waals surface area contributed by atoms with E-state index in [-0.39, 0.29) is 6.04 Å². The number of likely N-dealkylation sites (tertiary alicyclic amines) is 1. The van der Waals surface area contributed by atoms with E-state index in [1.165, 1.54) is 0 Å². The molecule has 2 rings (SSSR count). The van der Waals surface area contributed by atoms with Gasteiger partial charge in [0.25, 0.3) is 0 Å². The first-order chi connectivity index (χ1) is 12.4. The van der Waals surface area contributed by atoms with Crippen LogP contribution >= 0.6 is 11.6 Å². The van der Waals surface area contributed by atoms with E-state index in [1.54, 1.807) is 49.9 Å². The molecule has 0 radical (unpaired) electrons. The van der Waals surface area contributed by atoms with E-state index in [0.717, 1.165) is 5.56 Å². The number of nitrogens with zero attached hydrogens (tertiary/aromatic N) is 1. The van der Waals surface area contributed by atoms with Crippen LogP contribution in [-0.2, 0) is 11.4 Å². The van der Waals surface area contributed by atoms with Crippen molar-refractivity contribution in [3.8, 4) is 0 Å². The summed E-state index contributed by atoms with van der Waals surface area (Å²) in [5.41, 5.74) is 0.879. The van der Waals surface area contributed by atoms with E-state index in [0.29, 0.717) is 24.4 Å². The van der Waals surface area contributed by atoms with Crippen LogP contribution in [0.25, 0.3) is 0 Å². The molecule has 1 heterocycles. The van der Waals surface area contributed by atoms with Gasteiger partial charge in [0.1, 0.15) is 4.75 Å². The van der Waals surface area contributed by atoms with E-state index in [9.17, 15) is 17.7 Å². The average Bonchev–Trinajstić information content (AvgIpc) is 2.94. The van der Waals surface area contributed by atoms with Crippen LogP contribution in [0.2, 0.25) is 5.02 Å². The molecule has 0 aromatic heterocycles. The van der Waals surface area contributed by atoms with Crippen molar-refractivity contribution in [1.82, 2.24) is 9.62 Å². The Morgan fingerprint density at radius 1 is 1.37 bits per heavy atom. The molecule has 1 fully saturated rings. The molecule has 1 N–H and O–H groups in total.